The number of carbonyl (C=O) groups is 1. The molecule has 26 heavy (non-hydrogen) atoms. The smallest absolute Gasteiger partial charge is 0.203 e. The van der Waals surface area contributed by atoms with Gasteiger partial charge in [0, 0.05) is 17.9 Å². The predicted molar refractivity (Wildman–Crippen MR) is 114 cm³/mol. The van der Waals surface area contributed by atoms with Gasteiger partial charge in [0.15, 0.2) is 17.3 Å². The van der Waals surface area contributed by atoms with Crippen molar-refractivity contribution in [2.24, 2.45) is 0 Å². The highest BCUT2D eigenvalue weighted by Crippen LogP contribution is 2.51. The van der Waals surface area contributed by atoms with Crippen molar-refractivity contribution >= 4 is 53.6 Å². The van der Waals surface area contributed by atoms with Gasteiger partial charge in [-0.2, -0.15) is 0 Å². The molecule has 7 heteroatoms. The van der Waals surface area contributed by atoms with E-state index >= 15 is 0 Å². The molecule has 0 spiro atoms. The summed E-state index contributed by atoms with van der Waals surface area (Å²) in [5.74, 6) is 1.37. The van der Waals surface area contributed by atoms with Crippen LogP contribution in [-0.2, 0) is 0 Å². The van der Waals surface area contributed by atoms with Gasteiger partial charge in [-0.25, -0.2) is 0 Å². The molecule has 1 atom stereocenters. The number of halogens is 3. The van der Waals surface area contributed by atoms with Gasteiger partial charge in [0.2, 0.25) is 5.75 Å². The molecule has 2 rings (SSSR count). The Bertz CT molecular complexity index is 732. The van der Waals surface area contributed by atoms with Crippen molar-refractivity contribution in [3.8, 4) is 17.2 Å². The third kappa shape index (κ3) is 5.02. The zero-order valence-corrected chi connectivity index (χ0v) is 19.4. The fraction of sp³-hybridized carbons (Fsp3) is 0.316. The van der Waals surface area contributed by atoms with Crippen LogP contribution in [0.4, 0.5) is 0 Å². The molecule has 0 aliphatic heterocycles. The third-order valence-corrected chi connectivity index (χ3v) is 5.63. The molecule has 0 saturated heterocycles. The van der Waals surface area contributed by atoms with Gasteiger partial charge in [-0.1, -0.05) is 78.1 Å². The Kier molecular flexibility index (Phi) is 7.55. The first-order valence-electron chi connectivity index (χ1n) is 7.76. The second-order valence-electron chi connectivity index (χ2n) is 5.55. The Hall–Kier alpha value is -1.05. The molecule has 140 valence electrons. The van der Waals surface area contributed by atoms with Crippen molar-refractivity contribution in [2.75, 3.05) is 21.3 Å². The fourth-order valence-corrected chi connectivity index (χ4v) is 3.93. The summed E-state index contributed by atoms with van der Waals surface area (Å²) in [6.07, 6.45) is 0.268. The molecule has 2 aromatic rings. The van der Waals surface area contributed by atoms with Gasteiger partial charge in [-0.3, -0.25) is 4.79 Å². The zero-order chi connectivity index (χ0) is 19.3. The summed E-state index contributed by atoms with van der Waals surface area (Å²) in [6, 6.07) is 12.9. The highest BCUT2D eigenvalue weighted by Gasteiger charge is 2.35. The van der Waals surface area contributed by atoms with Gasteiger partial charge in [-0.15, -0.1) is 0 Å². The molecule has 0 aliphatic rings. The van der Waals surface area contributed by atoms with E-state index in [-0.39, 0.29) is 18.1 Å². The highest BCUT2D eigenvalue weighted by atomic mass is 80.0. The summed E-state index contributed by atoms with van der Waals surface area (Å²) < 4.78 is 15.6. The predicted octanol–water partition coefficient (Wildman–Crippen LogP) is 5.91. The van der Waals surface area contributed by atoms with Crippen LogP contribution in [0.25, 0.3) is 0 Å². The average molecular weight is 551 g/mol. The van der Waals surface area contributed by atoms with E-state index in [0.29, 0.717) is 22.8 Å². The maximum atomic E-state index is 12.8. The Balaban J connectivity index is 2.46. The Labute approximate surface area is 178 Å². The zero-order valence-electron chi connectivity index (χ0n) is 14.6. The van der Waals surface area contributed by atoms with Crippen molar-refractivity contribution in [1.82, 2.24) is 0 Å². The number of methoxy groups -OCH3 is 3. The number of ether oxygens (including phenoxy) is 3. The maximum absolute atomic E-state index is 12.8. The average Bonchev–Trinajstić information content (AvgIpc) is 2.64. The fourth-order valence-electron chi connectivity index (χ4n) is 2.65. The molecule has 0 aromatic heterocycles. The second kappa shape index (κ2) is 9.24. The molecule has 0 radical (unpaired) electrons. The van der Waals surface area contributed by atoms with Crippen LogP contribution in [0.2, 0.25) is 0 Å². The van der Waals surface area contributed by atoms with Crippen molar-refractivity contribution in [3.63, 3.8) is 0 Å². The van der Waals surface area contributed by atoms with Crippen LogP contribution >= 0.6 is 47.8 Å². The van der Waals surface area contributed by atoms with Crippen LogP contribution in [0.1, 0.15) is 28.3 Å². The lowest BCUT2D eigenvalue weighted by atomic mass is 9.92. The number of rotatable bonds is 7. The van der Waals surface area contributed by atoms with Gasteiger partial charge in [-0.05, 0) is 17.7 Å². The van der Waals surface area contributed by atoms with Gasteiger partial charge in [0.05, 0.1) is 21.3 Å². The normalized spacial score (nSPS) is 12.4. The lowest BCUT2D eigenvalue weighted by molar-refractivity contribution is 0.0975. The number of hydrogen-bond donors (Lipinski definition) is 0. The van der Waals surface area contributed by atoms with E-state index in [1.165, 1.54) is 0 Å². The van der Waals surface area contributed by atoms with Crippen LogP contribution in [0.15, 0.2) is 42.5 Å². The van der Waals surface area contributed by atoms with Crippen LogP contribution in [0.5, 0.6) is 17.2 Å². The standard InChI is InChI=1S/C19H19Br3O4/c1-24-16-9-13(10-17(25-2)18(16)26-3)14(19(20,21)22)11-15(23)12-7-5-4-6-8-12/h4-10,14H,11H2,1-3H3. The van der Waals surface area contributed by atoms with E-state index in [1.807, 2.05) is 42.5 Å². The summed E-state index contributed by atoms with van der Waals surface area (Å²) in [5, 5.41) is 0. The van der Waals surface area contributed by atoms with E-state index < -0.39 is 2.14 Å². The number of carbonyl (C=O) groups excluding carboxylic acids is 1. The molecular weight excluding hydrogens is 532 g/mol. The minimum Gasteiger partial charge on any atom is -0.493 e. The van der Waals surface area contributed by atoms with Crippen LogP contribution in [-0.4, -0.2) is 29.3 Å². The van der Waals surface area contributed by atoms with Crippen molar-refractivity contribution < 1.29 is 19.0 Å². The lowest BCUT2D eigenvalue weighted by Gasteiger charge is -2.27. The molecule has 0 heterocycles. The third-order valence-electron chi connectivity index (χ3n) is 3.97. The lowest BCUT2D eigenvalue weighted by Crippen LogP contribution is -2.20. The van der Waals surface area contributed by atoms with E-state index in [0.717, 1.165) is 5.56 Å². The van der Waals surface area contributed by atoms with Crippen LogP contribution in [0, 0.1) is 0 Å². The van der Waals surface area contributed by atoms with Gasteiger partial charge in [0.1, 0.15) is 2.14 Å². The van der Waals surface area contributed by atoms with E-state index in [4.69, 9.17) is 14.2 Å². The summed E-state index contributed by atoms with van der Waals surface area (Å²) >= 11 is 10.7. The first-order valence-corrected chi connectivity index (χ1v) is 10.1. The molecular formula is C19H19Br3O4. The minimum absolute atomic E-state index is 0.0343. The number of Topliss-reactive ketones (excluding diaryl/α,β-unsaturated/α-hetero) is 1. The number of alkyl halides is 3. The first kappa shape index (κ1) is 21.3. The molecule has 0 aliphatic carbocycles. The molecule has 1 unspecified atom stereocenters. The maximum Gasteiger partial charge on any atom is 0.203 e. The molecule has 0 fully saturated rings. The van der Waals surface area contributed by atoms with E-state index in [1.54, 1.807) is 21.3 Å². The summed E-state index contributed by atoms with van der Waals surface area (Å²) in [5.41, 5.74) is 1.52. The summed E-state index contributed by atoms with van der Waals surface area (Å²) in [4.78, 5) is 12.8. The molecule has 0 N–H and O–H groups in total. The number of hydrogen-bond acceptors (Lipinski definition) is 4. The Morgan fingerprint density at radius 1 is 0.962 bits per heavy atom. The van der Waals surface area contributed by atoms with Gasteiger partial charge >= 0.3 is 0 Å². The molecule has 2 aromatic carbocycles. The SMILES string of the molecule is COc1cc(C(CC(=O)c2ccccc2)C(Br)(Br)Br)cc(OC)c1OC. The number of benzene rings is 2. The van der Waals surface area contributed by atoms with E-state index in [9.17, 15) is 4.79 Å². The van der Waals surface area contributed by atoms with Gasteiger partial charge < -0.3 is 14.2 Å². The second-order valence-corrected chi connectivity index (χ2v) is 12.5. The summed E-state index contributed by atoms with van der Waals surface area (Å²) in [7, 11) is 4.68. The summed E-state index contributed by atoms with van der Waals surface area (Å²) in [6.45, 7) is 0. The minimum atomic E-state index is -0.679. The quantitative estimate of drug-likeness (QED) is 0.318. The van der Waals surface area contributed by atoms with Crippen molar-refractivity contribution in [2.45, 2.75) is 14.5 Å². The van der Waals surface area contributed by atoms with Crippen LogP contribution in [0.3, 0.4) is 0 Å². The monoisotopic (exact) mass is 548 g/mol. The molecule has 0 amide bonds. The largest absolute Gasteiger partial charge is 0.493 e. The van der Waals surface area contributed by atoms with E-state index in [2.05, 4.69) is 47.8 Å². The highest BCUT2D eigenvalue weighted by molar-refractivity contribution is 9.39. The topological polar surface area (TPSA) is 44.8 Å². The molecule has 0 bridgehead atoms. The van der Waals surface area contributed by atoms with Crippen molar-refractivity contribution in [3.05, 3.63) is 53.6 Å². The van der Waals surface area contributed by atoms with Crippen LogP contribution < -0.4 is 14.2 Å². The number of ketones is 1. The Morgan fingerprint density at radius 3 is 1.92 bits per heavy atom. The van der Waals surface area contributed by atoms with Crippen molar-refractivity contribution in [1.29, 1.82) is 0 Å². The van der Waals surface area contributed by atoms with Gasteiger partial charge in [0.25, 0.3) is 0 Å². The molecule has 0 saturated carbocycles. The Morgan fingerprint density at radius 2 is 1.50 bits per heavy atom. The molecule has 4 nitrogen and oxygen atoms in total. The first-order chi connectivity index (χ1) is 12.3.